The summed E-state index contributed by atoms with van der Waals surface area (Å²) >= 11 is 0. The molecule has 0 rings (SSSR count). The Labute approximate surface area is 392 Å². The van der Waals surface area contributed by atoms with Crippen LogP contribution in [0.3, 0.4) is 0 Å². The Hall–Kier alpha value is -0.120. The molecule has 62 heavy (non-hydrogen) atoms. The lowest BCUT2D eigenvalue weighted by atomic mass is 9.57. The summed E-state index contributed by atoms with van der Waals surface area (Å²) < 4.78 is 0. The van der Waals surface area contributed by atoms with Gasteiger partial charge in [0.2, 0.25) is 0 Å². The summed E-state index contributed by atoms with van der Waals surface area (Å²) in [7, 11) is 0. The predicted octanol–water partition coefficient (Wildman–Crippen LogP) is 19.9. The first-order valence-corrected chi connectivity index (χ1v) is 29.4. The molecule has 0 aromatic rings. The second-order valence-electron chi connectivity index (χ2n) is 21.2. The first-order valence-electron chi connectivity index (χ1n) is 29.4. The molecule has 3 heteroatoms. The van der Waals surface area contributed by atoms with Gasteiger partial charge in [0.05, 0.1) is 13.2 Å². The monoisotopic (exact) mass is 877 g/mol. The maximum absolute atomic E-state index is 11.2. The molecule has 0 saturated heterocycles. The average Bonchev–Trinajstić information content (AvgIpc) is 3.29. The molecule has 0 aliphatic heterocycles. The first kappa shape index (κ1) is 61.9. The van der Waals surface area contributed by atoms with Crippen LogP contribution in [0, 0.1) is 10.8 Å². The second-order valence-corrected chi connectivity index (χ2v) is 21.2. The van der Waals surface area contributed by atoms with Gasteiger partial charge in [-0.2, -0.15) is 0 Å². The molecule has 0 aliphatic rings. The number of aliphatic hydroxyl groups is 3. The van der Waals surface area contributed by atoms with Crippen LogP contribution in [-0.2, 0) is 0 Å². The molecule has 0 radical (unpaired) electrons. The fourth-order valence-corrected chi connectivity index (χ4v) is 10.8. The van der Waals surface area contributed by atoms with E-state index in [9.17, 15) is 15.3 Å². The number of unbranched alkanes of at least 4 members (excludes halogenated alkanes) is 45. The minimum absolute atomic E-state index is 0.000510. The van der Waals surface area contributed by atoms with Gasteiger partial charge in [0.1, 0.15) is 0 Å². The summed E-state index contributed by atoms with van der Waals surface area (Å²) in [5, 5.41) is 33.4. The van der Waals surface area contributed by atoms with E-state index in [0.29, 0.717) is 0 Å². The third-order valence-electron chi connectivity index (χ3n) is 15.6. The topological polar surface area (TPSA) is 60.7 Å². The third kappa shape index (κ3) is 37.0. The number of hydrogen-bond acceptors (Lipinski definition) is 3. The molecule has 0 saturated carbocycles. The molecule has 374 valence electrons. The number of aliphatic hydroxyl groups excluding tert-OH is 3. The van der Waals surface area contributed by atoms with Gasteiger partial charge in [-0.3, -0.25) is 0 Å². The molecule has 0 amide bonds. The van der Waals surface area contributed by atoms with Crippen LogP contribution >= 0.6 is 0 Å². The van der Waals surface area contributed by atoms with E-state index in [1.165, 1.54) is 289 Å². The molecular formula is C59H120O3. The van der Waals surface area contributed by atoms with Crippen molar-refractivity contribution >= 4 is 0 Å². The van der Waals surface area contributed by atoms with E-state index < -0.39 is 5.41 Å². The van der Waals surface area contributed by atoms with E-state index in [1.54, 1.807) is 0 Å². The highest BCUT2D eigenvalue weighted by molar-refractivity contribution is 4.97. The Bertz CT molecular complexity index is 771. The van der Waals surface area contributed by atoms with Crippen LogP contribution in [0.25, 0.3) is 0 Å². The van der Waals surface area contributed by atoms with Crippen LogP contribution in [0.4, 0.5) is 0 Å². The van der Waals surface area contributed by atoms with Crippen molar-refractivity contribution in [1.82, 2.24) is 0 Å². The summed E-state index contributed by atoms with van der Waals surface area (Å²) in [6.07, 6.45) is 68.1. The van der Waals surface area contributed by atoms with Gasteiger partial charge in [0, 0.05) is 17.4 Å². The van der Waals surface area contributed by atoms with Crippen molar-refractivity contribution in [3.63, 3.8) is 0 Å². The largest absolute Gasteiger partial charge is 0.396 e. The molecule has 0 atom stereocenters. The van der Waals surface area contributed by atoms with E-state index in [4.69, 9.17) is 0 Å². The summed E-state index contributed by atoms with van der Waals surface area (Å²) in [5.74, 6) is 0. The maximum atomic E-state index is 11.2. The minimum Gasteiger partial charge on any atom is -0.396 e. The van der Waals surface area contributed by atoms with Gasteiger partial charge in [-0.15, -0.1) is 0 Å². The lowest BCUT2D eigenvalue weighted by Crippen LogP contribution is -2.50. The molecule has 0 unspecified atom stereocenters. The fraction of sp³-hybridized carbons (Fsp3) is 1.00. The minimum atomic E-state index is -0.581. The molecule has 3 nitrogen and oxygen atoms in total. The summed E-state index contributed by atoms with van der Waals surface area (Å²) in [5.41, 5.74) is -0.958. The van der Waals surface area contributed by atoms with Crippen molar-refractivity contribution in [2.45, 2.75) is 348 Å². The quantitative estimate of drug-likeness (QED) is 0.0534. The maximum Gasteiger partial charge on any atom is 0.0515 e. The smallest absolute Gasteiger partial charge is 0.0515 e. The summed E-state index contributed by atoms with van der Waals surface area (Å²) in [6, 6.07) is 0. The van der Waals surface area contributed by atoms with E-state index in [1.807, 2.05) is 0 Å². The number of rotatable bonds is 55. The van der Waals surface area contributed by atoms with Gasteiger partial charge in [0.15, 0.2) is 0 Å². The SMILES string of the molecule is CCCCCCCCCCCCCCCCCCC(CO)(CO)C(CO)(CCCCCCCCCCCCCCCCCC)CCCCCCCCCCCCCCCCCC. The Balaban J connectivity index is 4.69. The van der Waals surface area contributed by atoms with Gasteiger partial charge in [0.25, 0.3) is 0 Å². The van der Waals surface area contributed by atoms with Crippen molar-refractivity contribution in [2.24, 2.45) is 10.8 Å². The zero-order valence-electron chi connectivity index (χ0n) is 43.5. The summed E-state index contributed by atoms with van der Waals surface area (Å²) in [4.78, 5) is 0. The fourth-order valence-electron chi connectivity index (χ4n) is 10.8. The van der Waals surface area contributed by atoms with Crippen LogP contribution < -0.4 is 0 Å². The number of hydrogen-bond donors (Lipinski definition) is 3. The van der Waals surface area contributed by atoms with Crippen molar-refractivity contribution < 1.29 is 15.3 Å². The van der Waals surface area contributed by atoms with Crippen LogP contribution in [0.2, 0.25) is 0 Å². The average molecular weight is 878 g/mol. The van der Waals surface area contributed by atoms with Crippen LogP contribution in [-0.4, -0.2) is 35.1 Å². The summed E-state index contributed by atoms with van der Waals surface area (Å²) in [6.45, 7) is 7.00. The molecule has 0 aromatic carbocycles. The first-order chi connectivity index (χ1) is 30.6. The zero-order chi connectivity index (χ0) is 45.2. The van der Waals surface area contributed by atoms with Gasteiger partial charge >= 0.3 is 0 Å². The van der Waals surface area contributed by atoms with Crippen LogP contribution in [0.15, 0.2) is 0 Å². The van der Waals surface area contributed by atoms with E-state index >= 15 is 0 Å². The van der Waals surface area contributed by atoms with Gasteiger partial charge < -0.3 is 15.3 Å². The third-order valence-corrected chi connectivity index (χ3v) is 15.6. The van der Waals surface area contributed by atoms with E-state index in [0.717, 1.165) is 38.5 Å². The highest BCUT2D eigenvalue weighted by atomic mass is 16.3. The molecule has 0 fully saturated rings. The lowest BCUT2D eigenvalue weighted by molar-refractivity contribution is -0.106. The Morgan fingerprint density at radius 2 is 0.306 bits per heavy atom. The second kappa shape index (κ2) is 50.3. The van der Waals surface area contributed by atoms with Gasteiger partial charge in [-0.1, -0.05) is 329 Å². The van der Waals surface area contributed by atoms with Crippen LogP contribution in [0.5, 0.6) is 0 Å². The van der Waals surface area contributed by atoms with Crippen molar-refractivity contribution in [1.29, 1.82) is 0 Å². The molecule has 0 aliphatic carbocycles. The predicted molar refractivity (Wildman–Crippen MR) is 279 cm³/mol. The molecule has 0 aromatic heterocycles. The molecular weight excluding hydrogens is 757 g/mol. The molecule has 3 N–H and O–H groups in total. The lowest BCUT2D eigenvalue weighted by Gasteiger charge is -2.49. The van der Waals surface area contributed by atoms with E-state index in [-0.39, 0.29) is 25.2 Å². The zero-order valence-corrected chi connectivity index (χ0v) is 43.5. The normalized spacial score (nSPS) is 12.3. The van der Waals surface area contributed by atoms with Gasteiger partial charge in [-0.25, -0.2) is 0 Å². The van der Waals surface area contributed by atoms with E-state index in [2.05, 4.69) is 20.8 Å². The Morgan fingerprint density at radius 3 is 0.452 bits per heavy atom. The molecule has 0 heterocycles. The molecule has 0 spiro atoms. The highest BCUT2D eigenvalue weighted by Gasteiger charge is 2.49. The van der Waals surface area contributed by atoms with Crippen LogP contribution in [0.1, 0.15) is 348 Å². The Morgan fingerprint density at radius 1 is 0.177 bits per heavy atom. The highest BCUT2D eigenvalue weighted by Crippen LogP contribution is 2.50. The van der Waals surface area contributed by atoms with Crippen molar-refractivity contribution in [2.75, 3.05) is 19.8 Å². The molecule has 0 bridgehead atoms. The van der Waals surface area contributed by atoms with Crippen molar-refractivity contribution in [3.8, 4) is 0 Å². The van der Waals surface area contributed by atoms with Gasteiger partial charge in [-0.05, 0) is 19.3 Å². The standard InChI is InChI=1S/C59H120O3/c1-4-7-10-13-16-19-22-25-28-31-34-37-40-43-46-49-52-58(55-60,53-50-47-44-41-38-35-32-29-26-23-20-17-14-11-8-5-2)59(56-61,57-62)54-51-48-45-42-39-36-33-30-27-24-21-18-15-12-9-6-3/h60-62H,4-57H2,1-3H3. The van der Waals surface area contributed by atoms with Crippen molar-refractivity contribution in [3.05, 3.63) is 0 Å². The Kier molecular flexibility index (Phi) is 50.2.